The molecule has 0 atom stereocenters. The van der Waals surface area contributed by atoms with Crippen molar-refractivity contribution >= 4 is 50.6 Å². The third-order valence-corrected chi connectivity index (χ3v) is 6.08. The number of benzene rings is 4. The number of thiocarbonyl (C=S) groups is 1. The minimum absolute atomic E-state index is 0. The standard InChI is InChI=1S/C15H15NS3.C7H9N3.C6H5.Zn/c17-15(19-18)16(11-13-7-3-1-4-8-13)12-14-9-5-2-6-10-14;8-7(9)10-6-4-2-1-3-5-6;1-2-4-6-5-3-1;/h1-10,18H,11-12H2;1-5H,(H4,8,9,10);1-5H;/q;;-1;+2/p-1. The number of guanidine groups is 1. The molecule has 0 amide bonds. The summed E-state index contributed by atoms with van der Waals surface area (Å²) < 4.78 is 0.753. The number of hydrogen-bond acceptors (Lipinski definition) is 4. The van der Waals surface area contributed by atoms with Crippen LogP contribution in [-0.4, -0.2) is 15.2 Å². The molecule has 0 aliphatic rings. The van der Waals surface area contributed by atoms with Crippen molar-refractivity contribution in [1.82, 2.24) is 4.90 Å². The van der Waals surface area contributed by atoms with Gasteiger partial charge in [0, 0.05) is 13.1 Å². The third-order valence-electron chi connectivity index (χ3n) is 4.38. The molecule has 8 heteroatoms. The Morgan fingerprint density at radius 2 is 1.17 bits per heavy atom. The Morgan fingerprint density at radius 1 is 0.750 bits per heavy atom. The zero-order valence-electron chi connectivity index (χ0n) is 19.9. The smallest absolute Gasteiger partial charge is 0.712 e. The van der Waals surface area contributed by atoms with Gasteiger partial charge in [0.2, 0.25) is 0 Å². The summed E-state index contributed by atoms with van der Waals surface area (Å²) in [7, 11) is 1.21. The van der Waals surface area contributed by atoms with E-state index in [1.54, 1.807) is 0 Å². The molecule has 0 bridgehead atoms. The average molecular weight is 582 g/mol. The molecule has 4 N–H and O–H groups in total. The molecule has 0 fully saturated rings. The number of nitrogens with zero attached hydrogens (tertiary/aromatic N) is 2. The third kappa shape index (κ3) is 14.1. The summed E-state index contributed by atoms with van der Waals surface area (Å²) in [5.74, 6) is 0.0891. The van der Waals surface area contributed by atoms with Crippen molar-refractivity contribution in [2.75, 3.05) is 0 Å². The van der Waals surface area contributed by atoms with Gasteiger partial charge in [-0.25, -0.2) is 4.99 Å². The van der Waals surface area contributed by atoms with E-state index in [0.29, 0.717) is 0 Å². The summed E-state index contributed by atoms with van der Waals surface area (Å²) >= 11 is 10.4. The first kappa shape index (κ1) is 31.4. The van der Waals surface area contributed by atoms with Crippen LogP contribution in [0.2, 0.25) is 0 Å². The molecular weight excluding hydrogens is 554 g/mol. The zero-order chi connectivity index (χ0) is 25.1. The maximum Gasteiger partial charge on any atom is 2.00 e. The molecule has 0 unspecified atom stereocenters. The molecule has 4 nitrogen and oxygen atoms in total. The molecular formula is C28H28N4S3Zn. The van der Waals surface area contributed by atoms with Crippen molar-refractivity contribution in [3.8, 4) is 0 Å². The first-order valence-corrected chi connectivity index (χ1v) is 13.0. The summed E-state index contributed by atoms with van der Waals surface area (Å²) in [6.45, 7) is 1.58. The van der Waals surface area contributed by atoms with Crippen LogP contribution in [0.4, 0.5) is 5.69 Å². The predicted octanol–water partition coefficient (Wildman–Crippen LogP) is 6.24. The Hall–Kier alpha value is -2.64. The van der Waals surface area contributed by atoms with Crippen LogP contribution >= 0.6 is 23.0 Å². The zero-order valence-corrected chi connectivity index (χ0v) is 25.4. The van der Waals surface area contributed by atoms with E-state index in [-0.39, 0.29) is 25.4 Å². The Balaban J connectivity index is 0.000000317. The normalized spacial score (nSPS) is 9.14. The van der Waals surface area contributed by atoms with Crippen LogP contribution in [0, 0.1) is 6.07 Å². The second-order valence-corrected chi connectivity index (χ2v) is 8.82. The van der Waals surface area contributed by atoms with Gasteiger partial charge < -0.3 is 28.0 Å². The van der Waals surface area contributed by atoms with Crippen molar-refractivity contribution in [1.29, 1.82) is 0 Å². The van der Waals surface area contributed by atoms with E-state index in [0.717, 1.165) is 23.1 Å². The summed E-state index contributed by atoms with van der Waals surface area (Å²) in [4.78, 5) is 5.97. The molecule has 36 heavy (non-hydrogen) atoms. The van der Waals surface area contributed by atoms with E-state index in [4.69, 9.17) is 35.3 Å². The number of nitrogens with two attached hydrogens (primary N) is 2. The molecule has 0 radical (unpaired) electrons. The minimum Gasteiger partial charge on any atom is -0.712 e. The maximum atomic E-state index is 5.36. The molecule has 0 saturated carbocycles. The summed E-state index contributed by atoms with van der Waals surface area (Å²) in [5.41, 5.74) is 13.6. The molecule has 0 aliphatic carbocycles. The predicted molar refractivity (Wildman–Crippen MR) is 157 cm³/mol. The van der Waals surface area contributed by atoms with Crippen LogP contribution in [0.25, 0.3) is 0 Å². The van der Waals surface area contributed by atoms with E-state index < -0.39 is 0 Å². The molecule has 0 spiro atoms. The van der Waals surface area contributed by atoms with Crippen LogP contribution in [0.15, 0.2) is 126 Å². The second kappa shape index (κ2) is 19.5. The van der Waals surface area contributed by atoms with Crippen LogP contribution in [-0.2, 0) is 44.2 Å². The van der Waals surface area contributed by atoms with Gasteiger partial charge in [-0.2, -0.15) is 36.4 Å². The Labute approximate surface area is 241 Å². The fraction of sp³-hybridized carbons (Fsp3) is 0.0714. The SMILES string of the molecule is NC(N)=Nc1ccccc1.S=C(S[S-])N(Cc1ccccc1)Cc1ccccc1.[Zn+2].[c-]1ccccc1. The Kier molecular flexibility index (Phi) is 17.0. The van der Waals surface area contributed by atoms with Crippen LogP contribution < -0.4 is 11.5 Å². The summed E-state index contributed by atoms with van der Waals surface area (Å²) in [6.07, 6.45) is 0. The van der Waals surface area contributed by atoms with E-state index in [1.165, 1.54) is 21.9 Å². The van der Waals surface area contributed by atoms with E-state index in [9.17, 15) is 0 Å². The van der Waals surface area contributed by atoms with E-state index in [2.05, 4.69) is 40.2 Å². The molecule has 0 heterocycles. The molecule has 4 aromatic carbocycles. The molecule has 4 rings (SSSR count). The first-order valence-electron chi connectivity index (χ1n) is 10.8. The monoisotopic (exact) mass is 580 g/mol. The van der Waals surface area contributed by atoms with Gasteiger partial charge >= 0.3 is 19.5 Å². The fourth-order valence-electron chi connectivity index (χ4n) is 2.84. The number of para-hydroxylation sites is 1. The van der Waals surface area contributed by atoms with Crippen LogP contribution in [0.1, 0.15) is 11.1 Å². The van der Waals surface area contributed by atoms with Gasteiger partial charge in [-0.15, -0.1) is 0 Å². The van der Waals surface area contributed by atoms with Crippen molar-refractivity contribution in [2.24, 2.45) is 16.5 Å². The second-order valence-electron chi connectivity index (χ2n) is 7.13. The van der Waals surface area contributed by atoms with Gasteiger partial charge in [-0.1, -0.05) is 91.1 Å². The van der Waals surface area contributed by atoms with Gasteiger partial charge in [0.15, 0.2) is 5.96 Å². The Bertz CT molecular complexity index is 1040. The summed E-state index contributed by atoms with van der Waals surface area (Å²) in [6, 6.07) is 42.5. The quantitative estimate of drug-likeness (QED) is 0.0553. The van der Waals surface area contributed by atoms with Crippen molar-refractivity contribution in [2.45, 2.75) is 13.1 Å². The maximum absolute atomic E-state index is 5.36. The largest absolute Gasteiger partial charge is 2.00 e. The summed E-state index contributed by atoms with van der Waals surface area (Å²) in [5, 5.41) is 0. The first-order chi connectivity index (χ1) is 17.1. The van der Waals surface area contributed by atoms with Crippen molar-refractivity contribution in [3.05, 3.63) is 139 Å². The van der Waals surface area contributed by atoms with E-state index >= 15 is 0 Å². The molecule has 180 valence electrons. The van der Waals surface area contributed by atoms with Gasteiger partial charge in [0.25, 0.3) is 0 Å². The fourth-order valence-corrected chi connectivity index (χ4v) is 3.52. The molecule has 4 aromatic rings. The molecule has 0 saturated heterocycles. The van der Waals surface area contributed by atoms with Crippen LogP contribution in [0.3, 0.4) is 0 Å². The van der Waals surface area contributed by atoms with Crippen molar-refractivity contribution in [3.63, 3.8) is 0 Å². The Morgan fingerprint density at radius 3 is 1.50 bits per heavy atom. The average Bonchev–Trinajstić information content (AvgIpc) is 2.91. The topological polar surface area (TPSA) is 67.6 Å². The number of aliphatic imine (C=N–C) groups is 1. The molecule has 0 aliphatic heterocycles. The minimum atomic E-state index is 0. The van der Waals surface area contributed by atoms with Crippen molar-refractivity contribution < 1.29 is 19.5 Å². The molecule has 0 aromatic heterocycles. The number of hydrogen-bond donors (Lipinski definition) is 2. The number of rotatable bonds is 5. The van der Waals surface area contributed by atoms with Crippen LogP contribution in [0.5, 0.6) is 0 Å². The van der Waals surface area contributed by atoms with Gasteiger partial charge in [-0.05, 0) is 23.3 Å². The van der Waals surface area contributed by atoms with Gasteiger partial charge in [0.05, 0.1) is 5.69 Å². The van der Waals surface area contributed by atoms with Gasteiger partial charge in [-0.3, -0.25) is 10.8 Å². The van der Waals surface area contributed by atoms with Gasteiger partial charge in [0.1, 0.15) is 4.32 Å². The van der Waals surface area contributed by atoms with E-state index in [1.807, 2.05) is 97.1 Å².